The lowest BCUT2D eigenvalue weighted by molar-refractivity contribution is -0.122. The Kier molecular flexibility index (Phi) is 2.62. The lowest BCUT2D eigenvalue weighted by atomic mass is 9.91. The van der Waals surface area contributed by atoms with Gasteiger partial charge in [0.15, 0.2) is 0 Å². The van der Waals surface area contributed by atoms with Gasteiger partial charge in [0.25, 0.3) is 0 Å². The summed E-state index contributed by atoms with van der Waals surface area (Å²) in [5, 5.41) is 0.797. The third-order valence-corrected chi connectivity index (χ3v) is 5.02. The fourth-order valence-electron chi connectivity index (χ4n) is 4.09. The molecular formula is C17H16FNO. The molecule has 3 atom stereocenters. The molecule has 2 nitrogen and oxygen atoms in total. The summed E-state index contributed by atoms with van der Waals surface area (Å²) in [7, 11) is 0. The van der Waals surface area contributed by atoms with Gasteiger partial charge in [-0.25, -0.2) is 4.39 Å². The van der Waals surface area contributed by atoms with Crippen LogP contribution in [0.2, 0.25) is 0 Å². The number of carbonyl (C=O) groups excluding carboxylic acids is 1. The molecule has 1 heterocycles. The fraction of sp³-hybridized carbons (Fsp3) is 0.412. The van der Waals surface area contributed by atoms with E-state index in [0.717, 1.165) is 29.3 Å². The Bertz CT molecular complexity index is 696. The summed E-state index contributed by atoms with van der Waals surface area (Å²) < 4.78 is 13.5. The number of rotatable bonds is 1. The zero-order chi connectivity index (χ0) is 13.7. The van der Waals surface area contributed by atoms with Gasteiger partial charge in [0.1, 0.15) is 11.6 Å². The minimum absolute atomic E-state index is 0.0578. The zero-order valence-corrected chi connectivity index (χ0v) is 11.2. The van der Waals surface area contributed by atoms with Gasteiger partial charge in [-0.15, -0.1) is 0 Å². The van der Waals surface area contributed by atoms with Crippen LogP contribution in [0.15, 0.2) is 30.5 Å². The Labute approximate surface area is 117 Å². The number of benzene rings is 1. The second kappa shape index (κ2) is 4.37. The first-order chi connectivity index (χ1) is 9.74. The number of Topliss-reactive ketones (excluding diaryl/α,β-unsaturated/α-hetero) is 1. The van der Waals surface area contributed by atoms with Gasteiger partial charge in [0.2, 0.25) is 0 Å². The molecule has 1 aromatic heterocycles. The van der Waals surface area contributed by atoms with Gasteiger partial charge in [0, 0.05) is 23.4 Å². The molecule has 0 aliphatic heterocycles. The van der Waals surface area contributed by atoms with Crippen LogP contribution in [-0.4, -0.2) is 10.8 Å². The first-order valence-corrected chi connectivity index (χ1v) is 7.32. The number of aromatic nitrogens is 1. The van der Waals surface area contributed by atoms with Crippen molar-refractivity contribution < 1.29 is 9.18 Å². The third-order valence-electron chi connectivity index (χ3n) is 5.02. The molecule has 2 aliphatic rings. The molecule has 102 valence electrons. The van der Waals surface area contributed by atoms with Crippen LogP contribution < -0.4 is 0 Å². The summed E-state index contributed by atoms with van der Waals surface area (Å²) in [6, 6.07) is 6.52. The number of hydrogen-bond donors (Lipinski definition) is 0. The third kappa shape index (κ3) is 1.69. The summed E-state index contributed by atoms with van der Waals surface area (Å²) >= 11 is 0. The number of nitrogens with zero attached hydrogens (tertiary/aromatic N) is 1. The highest BCUT2D eigenvalue weighted by molar-refractivity contribution is 5.95. The summed E-state index contributed by atoms with van der Waals surface area (Å²) in [5.74, 6) is 0.834. The summed E-state index contributed by atoms with van der Waals surface area (Å²) in [5.41, 5.74) is 1.74. The number of fused-ring (bicyclic) bond motifs is 2. The molecule has 0 amide bonds. The van der Waals surface area contributed by atoms with Gasteiger partial charge >= 0.3 is 0 Å². The van der Waals surface area contributed by atoms with E-state index >= 15 is 0 Å². The fourth-order valence-corrected chi connectivity index (χ4v) is 4.09. The highest BCUT2D eigenvalue weighted by Crippen LogP contribution is 2.48. The maximum Gasteiger partial charge on any atom is 0.143 e. The van der Waals surface area contributed by atoms with Crippen molar-refractivity contribution in [1.29, 1.82) is 0 Å². The lowest BCUT2D eigenvalue weighted by Crippen LogP contribution is -2.13. The van der Waals surface area contributed by atoms with Crippen molar-refractivity contribution in [2.75, 3.05) is 0 Å². The average molecular weight is 269 g/mol. The molecule has 2 unspecified atom stereocenters. The molecule has 0 saturated heterocycles. The maximum absolute atomic E-state index is 13.5. The van der Waals surface area contributed by atoms with E-state index in [-0.39, 0.29) is 17.7 Å². The van der Waals surface area contributed by atoms with Crippen LogP contribution in [0.3, 0.4) is 0 Å². The van der Waals surface area contributed by atoms with Crippen molar-refractivity contribution >= 4 is 16.7 Å². The molecule has 2 aromatic rings. The minimum Gasteiger partial charge on any atom is -0.299 e. The monoisotopic (exact) mass is 269 g/mol. The van der Waals surface area contributed by atoms with Crippen LogP contribution in [0, 0.1) is 17.7 Å². The van der Waals surface area contributed by atoms with Crippen molar-refractivity contribution in [2.45, 2.75) is 31.6 Å². The molecular weight excluding hydrogens is 253 g/mol. The Morgan fingerprint density at radius 2 is 2.10 bits per heavy atom. The number of ketones is 1. The lowest BCUT2D eigenvalue weighted by Gasteiger charge is -2.13. The summed E-state index contributed by atoms with van der Waals surface area (Å²) in [4.78, 5) is 16.9. The van der Waals surface area contributed by atoms with Crippen molar-refractivity contribution in [3.05, 3.63) is 41.8 Å². The number of carbonyl (C=O) groups is 1. The predicted octanol–water partition coefficient (Wildman–Crippen LogP) is 3.85. The van der Waals surface area contributed by atoms with Crippen LogP contribution in [-0.2, 0) is 4.79 Å². The van der Waals surface area contributed by atoms with E-state index in [1.54, 1.807) is 12.3 Å². The molecule has 0 N–H and O–H groups in total. The van der Waals surface area contributed by atoms with Gasteiger partial charge < -0.3 is 0 Å². The quantitative estimate of drug-likeness (QED) is 0.787. The first-order valence-electron chi connectivity index (χ1n) is 7.32. The molecule has 20 heavy (non-hydrogen) atoms. The molecule has 0 spiro atoms. The smallest absolute Gasteiger partial charge is 0.143 e. The van der Waals surface area contributed by atoms with Gasteiger partial charge in [-0.2, -0.15) is 0 Å². The Hall–Kier alpha value is -1.77. The molecule has 2 saturated carbocycles. The molecule has 0 radical (unpaired) electrons. The van der Waals surface area contributed by atoms with Crippen molar-refractivity contribution in [3.8, 4) is 0 Å². The Morgan fingerprint density at radius 1 is 1.20 bits per heavy atom. The standard InChI is InChI=1S/C17H16FNO/c18-11-4-5-16-14(9-11)13(6-7-19-16)15-8-10-2-1-3-12(10)17(15)20/h4-7,9-10,12,15H,1-3,8H2/t10?,12?,15-/m1/s1. The number of halogens is 1. The number of pyridine rings is 1. The minimum atomic E-state index is -0.266. The van der Waals surface area contributed by atoms with E-state index in [4.69, 9.17) is 0 Å². The largest absolute Gasteiger partial charge is 0.299 e. The zero-order valence-electron chi connectivity index (χ0n) is 11.2. The van der Waals surface area contributed by atoms with Crippen LogP contribution in [0.1, 0.15) is 37.2 Å². The Balaban J connectivity index is 1.83. The van der Waals surface area contributed by atoms with Crippen molar-refractivity contribution in [3.63, 3.8) is 0 Å². The highest BCUT2D eigenvalue weighted by atomic mass is 19.1. The summed E-state index contributed by atoms with van der Waals surface area (Å²) in [6.45, 7) is 0. The Morgan fingerprint density at radius 3 is 2.95 bits per heavy atom. The van der Waals surface area contributed by atoms with E-state index in [9.17, 15) is 9.18 Å². The van der Waals surface area contributed by atoms with Crippen LogP contribution >= 0.6 is 0 Å². The molecule has 3 heteroatoms. The van der Waals surface area contributed by atoms with E-state index in [2.05, 4.69) is 4.98 Å². The van der Waals surface area contributed by atoms with E-state index in [0.29, 0.717) is 11.7 Å². The second-order valence-corrected chi connectivity index (χ2v) is 6.05. The van der Waals surface area contributed by atoms with Gasteiger partial charge in [-0.1, -0.05) is 6.42 Å². The van der Waals surface area contributed by atoms with Gasteiger partial charge in [0.05, 0.1) is 5.52 Å². The number of hydrogen-bond acceptors (Lipinski definition) is 2. The van der Waals surface area contributed by atoms with Crippen LogP contribution in [0.4, 0.5) is 4.39 Å². The van der Waals surface area contributed by atoms with Crippen molar-refractivity contribution in [1.82, 2.24) is 4.98 Å². The molecule has 4 rings (SSSR count). The average Bonchev–Trinajstić information content (AvgIpc) is 3.02. The second-order valence-electron chi connectivity index (χ2n) is 6.05. The predicted molar refractivity (Wildman–Crippen MR) is 74.9 cm³/mol. The molecule has 2 aliphatic carbocycles. The van der Waals surface area contributed by atoms with Gasteiger partial charge in [-0.3, -0.25) is 9.78 Å². The summed E-state index contributed by atoms with van der Waals surface area (Å²) in [6.07, 6.45) is 6.05. The SMILES string of the molecule is O=C1C2CCCC2C[C@@H]1c1ccnc2ccc(F)cc12. The first kappa shape index (κ1) is 12.0. The van der Waals surface area contributed by atoms with E-state index in [1.165, 1.54) is 25.0 Å². The van der Waals surface area contributed by atoms with Gasteiger partial charge in [-0.05, 0) is 55.0 Å². The van der Waals surface area contributed by atoms with E-state index in [1.807, 2.05) is 6.07 Å². The normalized spacial score (nSPS) is 29.1. The topological polar surface area (TPSA) is 30.0 Å². The van der Waals surface area contributed by atoms with E-state index < -0.39 is 0 Å². The highest BCUT2D eigenvalue weighted by Gasteiger charge is 2.45. The van der Waals surface area contributed by atoms with Crippen molar-refractivity contribution in [2.24, 2.45) is 11.8 Å². The molecule has 0 bridgehead atoms. The molecule has 2 fully saturated rings. The van der Waals surface area contributed by atoms with Crippen LogP contribution in [0.25, 0.3) is 10.9 Å². The van der Waals surface area contributed by atoms with Crippen LogP contribution in [0.5, 0.6) is 0 Å². The molecule has 1 aromatic carbocycles. The maximum atomic E-state index is 13.5.